The van der Waals surface area contributed by atoms with Gasteiger partial charge in [0.2, 0.25) is 5.82 Å². The predicted molar refractivity (Wildman–Crippen MR) is 82.1 cm³/mol. The van der Waals surface area contributed by atoms with E-state index in [-0.39, 0.29) is 18.3 Å². The molecule has 2 rings (SSSR count). The number of hydrogen-bond acceptors (Lipinski definition) is 6. The molecule has 0 saturated carbocycles. The van der Waals surface area contributed by atoms with Crippen molar-refractivity contribution in [3.63, 3.8) is 0 Å². The zero-order chi connectivity index (χ0) is 16.3. The molecule has 0 radical (unpaired) electrons. The largest absolute Gasteiger partial charge is 0.394 e. The van der Waals surface area contributed by atoms with Crippen LogP contribution in [0, 0.1) is 16.0 Å². The number of nitrogens with one attached hydrogen (secondary N) is 1. The van der Waals surface area contributed by atoms with Crippen molar-refractivity contribution in [2.24, 2.45) is 5.92 Å². The number of hydrogen-bond donors (Lipinski definition) is 2. The molecule has 0 bridgehead atoms. The molecule has 22 heavy (non-hydrogen) atoms. The monoisotopic (exact) mass is 306 g/mol. The van der Waals surface area contributed by atoms with Crippen molar-refractivity contribution < 1.29 is 10.0 Å². The van der Waals surface area contributed by atoms with Gasteiger partial charge in [-0.25, -0.2) is 4.98 Å². The lowest BCUT2D eigenvalue weighted by Gasteiger charge is -2.22. The zero-order valence-electron chi connectivity index (χ0n) is 12.4. The van der Waals surface area contributed by atoms with Gasteiger partial charge < -0.3 is 10.4 Å². The first-order valence-corrected chi connectivity index (χ1v) is 7.02. The number of pyridine rings is 1. The molecule has 0 aromatic carbocycles. The lowest BCUT2D eigenvalue weighted by molar-refractivity contribution is -0.385. The van der Waals surface area contributed by atoms with Crippen LogP contribution in [-0.2, 0) is 0 Å². The summed E-state index contributed by atoms with van der Waals surface area (Å²) in [6.07, 6.45) is 2.21. The summed E-state index contributed by atoms with van der Waals surface area (Å²) in [7, 11) is 0. The molecule has 0 unspecified atom stereocenters. The Morgan fingerprint density at radius 1 is 1.50 bits per heavy atom. The van der Waals surface area contributed by atoms with Gasteiger partial charge in [-0.05, 0) is 18.1 Å². The summed E-state index contributed by atoms with van der Waals surface area (Å²) in [5, 5.41) is 23.5. The Balaban J connectivity index is 2.59. The molecule has 0 aliphatic heterocycles. The summed E-state index contributed by atoms with van der Waals surface area (Å²) in [5.74, 6) is -0.0406. The molecule has 8 heteroatoms. The molecule has 2 aromatic heterocycles. The van der Waals surface area contributed by atoms with E-state index in [1.165, 1.54) is 6.20 Å². The average molecular weight is 306 g/mol. The van der Waals surface area contributed by atoms with E-state index in [4.69, 9.17) is 0 Å². The molecular formula is C14H18N4O4. The predicted octanol–water partition coefficient (Wildman–Crippen LogP) is 1.42. The third-order valence-corrected chi connectivity index (χ3v) is 3.74. The standard InChI is InChI=1S/C14H18N4O4/c1-3-9(2)10(8-19)15-13-12(18(21)22)14(20)17-7-5-4-6-11(17)16-13/h4-7,9-10,15,19H,3,8H2,1-2H3/t9-,10+/m1/s1. The highest BCUT2D eigenvalue weighted by Gasteiger charge is 2.26. The van der Waals surface area contributed by atoms with E-state index in [0.29, 0.717) is 5.65 Å². The van der Waals surface area contributed by atoms with Gasteiger partial charge in [0.25, 0.3) is 0 Å². The second-order valence-corrected chi connectivity index (χ2v) is 5.12. The molecule has 2 atom stereocenters. The molecule has 0 spiro atoms. The summed E-state index contributed by atoms with van der Waals surface area (Å²) in [4.78, 5) is 26.9. The zero-order valence-corrected chi connectivity index (χ0v) is 12.4. The number of aliphatic hydroxyl groups excluding tert-OH is 1. The average Bonchev–Trinajstić information content (AvgIpc) is 2.51. The van der Waals surface area contributed by atoms with Crippen LogP contribution in [0.2, 0.25) is 0 Å². The second kappa shape index (κ2) is 6.52. The fourth-order valence-electron chi connectivity index (χ4n) is 2.17. The first-order chi connectivity index (χ1) is 10.5. The van der Waals surface area contributed by atoms with Crippen molar-refractivity contribution in [2.45, 2.75) is 26.3 Å². The van der Waals surface area contributed by atoms with Gasteiger partial charge in [-0.1, -0.05) is 26.3 Å². The number of fused-ring (bicyclic) bond motifs is 1. The van der Waals surface area contributed by atoms with Crippen LogP contribution >= 0.6 is 0 Å². The summed E-state index contributed by atoms with van der Waals surface area (Å²) < 4.78 is 1.13. The summed E-state index contributed by atoms with van der Waals surface area (Å²) >= 11 is 0. The van der Waals surface area contributed by atoms with Crippen molar-refractivity contribution in [1.29, 1.82) is 0 Å². The highest BCUT2D eigenvalue weighted by Crippen LogP contribution is 2.21. The van der Waals surface area contributed by atoms with Crippen LogP contribution in [-0.4, -0.2) is 32.1 Å². The van der Waals surface area contributed by atoms with Crippen LogP contribution < -0.4 is 10.9 Å². The van der Waals surface area contributed by atoms with E-state index < -0.39 is 22.2 Å². The van der Waals surface area contributed by atoms with E-state index in [1.54, 1.807) is 18.2 Å². The number of nitrogens with zero attached hydrogens (tertiary/aromatic N) is 3. The normalized spacial score (nSPS) is 13.8. The van der Waals surface area contributed by atoms with Crippen molar-refractivity contribution in [1.82, 2.24) is 9.38 Å². The number of aliphatic hydroxyl groups is 1. The van der Waals surface area contributed by atoms with E-state index in [2.05, 4.69) is 10.3 Å². The van der Waals surface area contributed by atoms with Crippen LogP contribution in [0.15, 0.2) is 29.2 Å². The van der Waals surface area contributed by atoms with Gasteiger partial charge in [-0.3, -0.25) is 19.3 Å². The molecule has 2 heterocycles. The summed E-state index contributed by atoms with van der Waals surface area (Å²) in [5.41, 5.74) is -1.06. The third kappa shape index (κ3) is 2.91. The maximum atomic E-state index is 12.3. The molecule has 2 N–H and O–H groups in total. The Kier molecular flexibility index (Phi) is 4.71. The van der Waals surface area contributed by atoms with Crippen LogP contribution in [0.5, 0.6) is 0 Å². The Labute approximate surface area is 126 Å². The number of rotatable bonds is 6. The molecule has 8 nitrogen and oxygen atoms in total. The van der Waals surface area contributed by atoms with Gasteiger partial charge in [0.15, 0.2) is 0 Å². The number of nitro groups is 1. The Morgan fingerprint density at radius 2 is 2.23 bits per heavy atom. The number of aromatic nitrogens is 2. The van der Waals surface area contributed by atoms with Crippen LogP contribution in [0.1, 0.15) is 20.3 Å². The van der Waals surface area contributed by atoms with Crippen molar-refractivity contribution in [2.75, 3.05) is 11.9 Å². The van der Waals surface area contributed by atoms with Gasteiger partial charge in [-0.2, -0.15) is 0 Å². The van der Waals surface area contributed by atoms with Crippen LogP contribution in [0.25, 0.3) is 5.65 Å². The molecule has 0 aliphatic rings. The first kappa shape index (κ1) is 15.9. The molecule has 0 aliphatic carbocycles. The number of anilines is 1. The molecule has 2 aromatic rings. The minimum Gasteiger partial charge on any atom is -0.394 e. The van der Waals surface area contributed by atoms with Gasteiger partial charge in [0.1, 0.15) is 5.65 Å². The highest BCUT2D eigenvalue weighted by molar-refractivity contribution is 5.60. The minimum atomic E-state index is -0.751. The SMILES string of the molecule is CC[C@@H](C)[C@H](CO)Nc1nc2ccccn2c(=O)c1[N+](=O)[O-]. The molecule has 0 amide bonds. The molecule has 0 saturated heterocycles. The fourth-order valence-corrected chi connectivity index (χ4v) is 2.17. The van der Waals surface area contributed by atoms with Gasteiger partial charge >= 0.3 is 11.2 Å². The quantitative estimate of drug-likeness (QED) is 0.617. The molecular weight excluding hydrogens is 288 g/mol. The van der Waals surface area contributed by atoms with Crippen LogP contribution in [0.3, 0.4) is 0 Å². The van der Waals surface area contributed by atoms with Gasteiger partial charge in [-0.15, -0.1) is 0 Å². The second-order valence-electron chi connectivity index (χ2n) is 5.12. The minimum absolute atomic E-state index is 0.0700. The summed E-state index contributed by atoms with van der Waals surface area (Å²) in [6.45, 7) is 3.65. The Morgan fingerprint density at radius 3 is 2.82 bits per heavy atom. The smallest absolute Gasteiger partial charge is 0.376 e. The van der Waals surface area contributed by atoms with Crippen LogP contribution in [0.4, 0.5) is 11.5 Å². The highest BCUT2D eigenvalue weighted by atomic mass is 16.6. The Hall–Kier alpha value is -2.48. The molecule has 118 valence electrons. The van der Waals surface area contributed by atoms with Gasteiger partial charge in [0.05, 0.1) is 17.6 Å². The van der Waals surface area contributed by atoms with E-state index >= 15 is 0 Å². The first-order valence-electron chi connectivity index (χ1n) is 7.02. The molecule has 0 fully saturated rings. The van der Waals surface area contributed by atoms with Crippen molar-refractivity contribution in [3.05, 3.63) is 44.9 Å². The topological polar surface area (TPSA) is 110 Å². The van der Waals surface area contributed by atoms with Crippen molar-refractivity contribution in [3.8, 4) is 0 Å². The summed E-state index contributed by atoms with van der Waals surface area (Å²) in [6, 6.07) is 4.47. The lowest BCUT2D eigenvalue weighted by atomic mass is 10.00. The maximum Gasteiger partial charge on any atom is 0.376 e. The van der Waals surface area contributed by atoms with E-state index in [1.807, 2.05) is 13.8 Å². The van der Waals surface area contributed by atoms with E-state index in [0.717, 1.165) is 10.8 Å². The van der Waals surface area contributed by atoms with E-state index in [9.17, 15) is 20.0 Å². The Bertz CT molecular complexity index is 743. The lowest BCUT2D eigenvalue weighted by Crippen LogP contribution is -2.33. The fraction of sp³-hybridized carbons (Fsp3) is 0.429. The van der Waals surface area contributed by atoms with Gasteiger partial charge in [0, 0.05) is 6.20 Å². The maximum absolute atomic E-state index is 12.3. The van der Waals surface area contributed by atoms with Crippen molar-refractivity contribution >= 4 is 17.2 Å². The third-order valence-electron chi connectivity index (χ3n) is 3.74.